The summed E-state index contributed by atoms with van der Waals surface area (Å²) in [5.74, 6) is 0.154. The van der Waals surface area contributed by atoms with Gasteiger partial charge in [0.2, 0.25) is 0 Å². The summed E-state index contributed by atoms with van der Waals surface area (Å²) in [6, 6.07) is 6.51. The van der Waals surface area contributed by atoms with Crippen LogP contribution in [0.5, 0.6) is 0 Å². The van der Waals surface area contributed by atoms with Crippen LogP contribution < -0.4 is 5.32 Å². The van der Waals surface area contributed by atoms with Crippen LogP contribution in [0.15, 0.2) is 30.5 Å². The maximum Gasteiger partial charge on any atom is 0.419 e. The van der Waals surface area contributed by atoms with Crippen molar-refractivity contribution in [1.82, 2.24) is 9.88 Å². The minimum absolute atomic E-state index is 0.154. The molecule has 190 valence electrons. The van der Waals surface area contributed by atoms with Crippen LogP contribution in [0.1, 0.15) is 67.4 Å². The van der Waals surface area contributed by atoms with Gasteiger partial charge in [0.15, 0.2) is 0 Å². The van der Waals surface area contributed by atoms with Crippen LogP contribution in [0, 0.1) is 5.92 Å². The average Bonchev–Trinajstić information content (AvgIpc) is 3.02. The summed E-state index contributed by atoms with van der Waals surface area (Å²) < 4.78 is 12.4. The molecular weight excluding hydrogens is 436 g/mol. The summed E-state index contributed by atoms with van der Waals surface area (Å²) in [5, 5.41) is 25.1. The first-order chi connectivity index (χ1) is 15.6. The number of aliphatic hydroxyl groups excluding tert-OH is 2. The summed E-state index contributed by atoms with van der Waals surface area (Å²) >= 11 is 0. The summed E-state index contributed by atoms with van der Waals surface area (Å²) in [6.07, 6.45) is -1.29. The average molecular weight is 477 g/mol. The van der Waals surface area contributed by atoms with Crippen molar-refractivity contribution in [2.75, 3.05) is 0 Å². The highest BCUT2D eigenvalue weighted by atomic mass is 16.6. The third kappa shape index (κ3) is 8.02. The molecule has 0 bridgehead atoms. The number of fused-ring (bicyclic) bond motifs is 1. The summed E-state index contributed by atoms with van der Waals surface area (Å²) in [6.45, 7) is 14.5. The topological polar surface area (TPSA) is 110 Å². The molecule has 8 nitrogen and oxygen atoms in total. The molecule has 0 fully saturated rings. The molecule has 1 amide bonds. The van der Waals surface area contributed by atoms with Crippen LogP contribution in [0.3, 0.4) is 0 Å². The molecule has 0 spiro atoms. The van der Waals surface area contributed by atoms with E-state index in [1.807, 2.05) is 38.1 Å². The molecule has 1 heterocycles. The van der Waals surface area contributed by atoms with E-state index in [4.69, 9.17) is 9.47 Å². The van der Waals surface area contributed by atoms with E-state index in [9.17, 15) is 19.8 Å². The van der Waals surface area contributed by atoms with Gasteiger partial charge in [0.05, 0.1) is 17.7 Å². The van der Waals surface area contributed by atoms with Gasteiger partial charge >= 0.3 is 12.2 Å². The Hall–Kier alpha value is -2.58. The van der Waals surface area contributed by atoms with Crippen LogP contribution in [0.2, 0.25) is 0 Å². The molecule has 3 unspecified atom stereocenters. The summed E-state index contributed by atoms with van der Waals surface area (Å²) in [7, 11) is 0. The Kier molecular flexibility index (Phi) is 8.77. The number of rotatable bonds is 7. The van der Waals surface area contributed by atoms with E-state index in [2.05, 4.69) is 5.32 Å². The Morgan fingerprint density at radius 1 is 1.00 bits per heavy atom. The van der Waals surface area contributed by atoms with Gasteiger partial charge in [-0.25, -0.2) is 9.59 Å². The number of hydrogen-bond acceptors (Lipinski definition) is 6. The van der Waals surface area contributed by atoms with E-state index in [1.54, 1.807) is 47.7 Å². The number of carbonyl (C=O) groups is 2. The van der Waals surface area contributed by atoms with Crippen LogP contribution in [-0.4, -0.2) is 56.4 Å². The van der Waals surface area contributed by atoms with Crippen molar-refractivity contribution in [1.29, 1.82) is 0 Å². The van der Waals surface area contributed by atoms with E-state index in [1.165, 1.54) is 4.57 Å². The number of hydrogen-bond donors (Lipinski definition) is 3. The second-order valence-corrected chi connectivity index (χ2v) is 11.2. The van der Waals surface area contributed by atoms with Crippen molar-refractivity contribution < 1.29 is 29.3 Å². The molecule has 2 rings (SSSR count). The highest BCUT2D eigenvalue weighted by Gasteiger charge is 2.31. The van der Waals surface area contributed by atoms with Gasteiger partial charge in [-0.3, -0.25) is 4.57 Å². The molecule has 0 aliphatic carbocycles. The van der Waals surface area contributed by atoms with E-state index < -0.39 is 41.6 Å². The van der Waals surface area contributed by atoms with Gasteiger partial charge in [-0.1, -0.05) is 32.0 Å². The lowest BCUT2D eigenvalue weighted by Crippen LogP contribution is -2.51. The molecular formula is C26H40N2O6. The first kappa shape index (κ1) is 27.7. The molecule has 8 heteroatoms. The van der Waals surface area contributed by atoms with E-state index in [0.29, 0.717) is 11.9 Å². The monoisotopic (exact) mass is 476 g/mol. The quantitative estimate of drug-likeness (QED) is 0.538. The maximum atomic E-state index is 12.8. The Bertz CT molecular complexity index is 983. The number of nitrogens with one attached hydrogen (secondary N) is 1. The van der Waals surface area contributed by atoms with Crippen molar-refractivity contribution in [3.63, 3.8) is 0 Å². The zero-order chi connectivity index (χ0) is 25.8. The third-order valence-electron chi connectivity index (χ3n) is 5.05. The number of alkyl carbamates (subject to hydrolysis) is 1. The second kappa shape index (κ2) is 10.8. The summed E-state index contributed by atoms with van der Waals surface area (Å²) in [5.41, 5.74) is -0.0120. The predicted molar refractivity (Wildman–Crippen MR) is 132 cm³/mol. The highest BCUT2D eigenvalue weighted by molar-refractivity contribution is 5.92. The number of aliphatic hydroxyl groups is 2. The van der Waals surface area contributed by atoms with Crippen molar-refractivity contribution in [3.05, 3.63) is 36.0 Å². The lowest BCUT2D eigenvalue weighted by Gasteiger charge is -2.29. The smallest absolute Gasteiger partial charge is 0.419 e. The molecule has 34 heavy (non-hydrogen) atoms. The lowest BCUT2D eigenvalue weighted by atomic mass is 9.93. The molecule has 3 atom stereocenters. The largest absolute Gasteiger partial charge is 0.444 e. The molecule has 1 aromatic carbocycles. The third-order valence-corrected chi connectivity index (χ3v) is 5.05. The number of para-hydroxylation sites is 1. The Labute approximate surface area is 202 Å². The lowest BCUT2D eigenvalue weighted by molar-refractivity contribution is -0.0177. The van der Waals surface area contributed by atoms with Gasteiger partial charge in [-0.15, -0.1) is 0 Å². The predicted octanol–water partition coefficient (Wildman–Crippen LogP) is 4.63. The van der Waals surface area contributed by atoms with E-state index in [-0.39, 0.29) is 12.3 Å². The number of ether oxygens (including phenoxy) is 2. The fraction of sp³-hybridized carbons (Fsp3) is 0.615. The minimum Gasteiger partial charge on any atom is -0.444 e. The van der Waals surface area contributed by atoms with Gasteiger partial charge in [0, 0.05) is 11.6 Å². The van der Waals surface area contributed by atoms with Crippen molar-refractivity contribution >= 4 is 23.1 Å². The van der Waals surface area contributed by atoms with Crippen LogP contribution in [0.25, 0.3) is 10.9 Å². The van der Waals surface area contributed by atoms with Crippen molar-refractivity contribution in [2.45, 2.75) is 97.7 Å². The van der Waals surface area contributed by atoms with Crippen LogP contribution in [0.4, 0.5) is 9.59 Å². The fourth-order valence-electron chi connectivity index (χ4n) is 3.72. The minimum atomic E-state index is -1.24. The van der Waals surface area contributed by atoms with Gasteiger partial charge in [0.25, 0.3) is 0 Å². The SMILES string of the molecule is CC(C)CC(O)C(O)C(Cc1cn(C(=O)OC(C)(C)C)c2ccccc12)NC(=O)OC(C)(C)C. The molecule has 0 aliphatic heterocycles. The maximum absolute atomic E-state index is 12.8. The van der Waals surface area contributed by atoms with Crippen LogP contribution >= 0.6 is 0 Å². The van der Waals surface area contributed by atoms with Crippen LogP contribution in [-0.2, 0) is 15.9 Å². The van der Waals surface area contributed by atoms with Crippen molar-refractivity contribution in [2.24, 2.45) is 5.92 Å². The summed E-state index contributed by atoms with van der Waals surface area (Å²) in [4.78, 5) is 25.4. The first-order valence-corrected chi connectivity index (χ1v) is 11.8. The molecule has 1 aromatic heterocycles. The standard InChI is InChI=1S/C26H40N2O6/c1-16(2)13-21(29)22(30)19(27-23(31)33-25(3,4)5)14-17-15-28(24(32)34-26(6,7)8)20-12-10-9-11-18(17)20/h9-12,15-16,19,21-22,29-30H,13-14H2,1-8H3,(H,27,31). The Morgan fingerprint density at radius 2 is 1.59 bits per heavy atom. The molecule has 0 saturated carbocycles. The first-order valence-electron chi connectivity index (χ1n) is 11.8. The fourth-order valence-corrected chi connectivity index (χ4v) is 3.72. The molecule has 0 aliphatic rings. The zero-order valence-corrected chi connectivity index (χ0v) is 21.6. The van der Waals surface area contributed by atoms with Gasteiger partial charge < -0.3 is 25.0 Å². The Morgan fingerprint density at radius 3 is 2.15 bits per heavy atom. The highest BCUT2D eigenvalue weighted by Crippen LogP contribution is 2.25. The van der Waals surface area contributed by atoms with E-state index in [0.717, 1.165) is 10.9 Å². The van der Waals surface area contributed by atoms with E-state index >= 15 is 0 Å². The van der Waals surface area contributed by atoms with Gasteiger partial charge in [-0.2, -0.15) is 0 Å². The number of aromatic nitrogens is 1. The second-order valence-electron chi connectivity index (χ2n) is 11.2. The van der Waals surface area contributed by atoms with Crippen molar-refractivity contribution in [3.8, 4) is 0 Å². The van der Waals surface area contributed by atoms with Gasteiger partial charge in [0.1, 0.15) is 17.3 Å². The zero-order valence-electron chi connectivity index (χ0n) is 21.6. The number of carbonyl (C=O) groups excluding carboxylic acids is 2. The molecule has 0 radical (unpaired) electrons. The molecule has 2 aromatic rings. The number of amides is 1. The number of nitrogens with zero attached hydrogens (tertiary/aromatic N) is 1. The molecule has 3 N–H and O–H groups in total. The normalized spacial score (nSPS) is 15.1. The Balaban J connectivity index is 2.42. The number of benzene rings is 1. The van der Waals surface area contributed by atoms with Gasteiger partial charge in [-0.05, 0) is 71.9 Å². The molecule has 0 saturated heterocycles.